The molecule has 74 valence electrons. The first kappa shape index (κ1) is 11.2. The zero-order chi connectivity index (χ0) is 9.52. The van der Waals surface area contributed by atoms with Crippen LogP contribution in [0.1, 0.15) is 12.1 Å². The Morgan fingerprint density at radius 2 is 2.46 bits per heavy atom. The van der Waals surface area contributed by atoms with Crippen molar-refractivity contribution in [2.24, 2.45) is 0 Å². The molecule has 0 aliphatic heterocycles. The average molecular weight is 239 g/mol. The van der Waals surface area contributed by atoms with Crippen LogP contribution in [-0.2, 0) is 10.5 Å². The minimum absolute atomic E-state index is 0.708. The van der Waals surface area contributed by atoms with Crippen LogP contribution in [0.5, 0.6) is 0 Å². The summed E-state index contributed by atoms with van der Waals surface area (Å²) in [7, 11) is 1.71. The molecule has 6 heteroatoms. The van der Waals surface area contributed by atoms with E-state index in [9.17, 15) is 0 Å². The molecule has 3 nitrogen and oxygen atoms in total. The van der Waals surface area contributed by atoms with Crippen molar-refractivity contribution in [2.75, 3.05) is 19.5 Å². The highest BCUT2D eigenvalue weighted by Crippen LogP contribution is 2.22. The Kier molecular flexibility index (Phi) is 5.70. The normalized spacial score (nSPS) is 10.6. The van der Waals surface area contributed by atoms with Crippen molar-refractivity contribution in [1.29, 1.82) is 0 Å². The van der Waals surface area contributed by atoms with Crippen LogP contribution in [0.15, 0.2) is 0 Å². The highest BCUT2D eigenvalue weighted by atomic mass is 35.5. The van der Waals surface area contributed by atoms with Crippen LogP contribution in [0.2, 0.25) is 4.34 Å². The largest absolute Gasteiger partial charge is 0.385 e. The van der Waals surface area contributed by atoms with Crippen molar-refractivity contribution >= 4 is 34.9 Å². The van der Waals surface area contributed by atoms with Gasteiger partial charge in [-0.1, -0.05) is 16.1 Å². The Morgan fingerprint density at radius 1 is 1.62 bits per heavy atom. The molecule has 0 atom stereocenters. The number of ether oxygens (including phenoxy) is 1. The van der Waals surface area contributed by atoms with Gasteiger partial charge in [0.2, 0.25) is 0 Å². The van der Waals surface area contributed by atoms with E-state index in [1.165, 1.54) is 11.5 Å². The number of aromatic nitrogens is 2. The van der Waals surface area contributed by atoms with E-state index in [0.29, 0.717) is 4.34 Å². The molecule has 0 N–H and O–H groups in total. The lowest BCUT2D eigenvalue weighted by molar-refractivity contribution is 0.200. The van der Waals surface area contributed by atoms with Gasteiger partial charge in [-0.05, 0) is 12.2 Å². The van der Waals surface area contributed by atoms with Crippen molar-refractivity contribution in [1.82, 2.24) is 9.59 Å². The molecule has 0 saturated heterocycles. The van der Waals surface area contributed by atoms with E-state index in [0.717, 1.165) is 30.2 Å². The second kappa shape index (κ2) is 6.59. The lowest BCUT2D eigenvalue weighted by Crippen LogP contribution is -1.91. The molecule has 1 aromatic rings. The molecule has 1 rings (SSSR count). The number of methoxy groups -OCH3 is 1. The van der Waals surface area contributed by atoms with E-state index in [1.54, 1.807) is 18.9 Å². The van der Waals surface area contributed by atoms with E-state index in [-0.39, 0.29) is 0 Å². The topological polar surface area (TPSA) is 35.0 Å². The van der Waals surface area contributed by atoms with Crippen molar-refractivity contribution in [3.63, 3.8) is 0 Å². The maximum Gasteiger partial charge on any atom is 0.138 e. The molecular weight excluding hydrogens is 228 g/mol. The molecule has 0 amide bonds. The smallest absolute Gasteiger partial charge is 0.138 e. The minimum Gasteiger partial charge on any atom is -0.385 e. The molecule has 0 fully saturated rings. The molecule has 0 aliphatic carbocycles. The SMILES string of the molecule is COCCCSCc1nnsc1Cl. The summed E-state index contributed by atoms with van der Waals surface area (Å²) in [5.74, 6) is 1.92. The van der Waals surface area contributed by atoms with Crippen molar-refractivity contribution in [2.45, 2.75) is 12.2 Å². The van der Waals surface area contributed by atoms with Gasteiger partial charge in [-0.3, -0.25) is 0 Å². The highest BCUT2D eigenvalue weighted by molar-refractivity contribution is 7.98. The van der Waals surface area contributed by atoms with Gasteiger partial charge in [0.25, 0.3) is 0 Å². The predicted molar refractivity (Wildman–Crippen MR) is 57.6 cm³/mol. The van der Waals surface area contributed by atoms with Gasteiger partial charge in [-0.25, -0.2) is 0 Å². The third kappa shape index (κ3) is 4.26. The average Bonchev–Trinajstić information content (AvgIpc) is 2.52. The zero-order valence-corrected chi connectivity index (χ0v) is 9.71. The molecule has 0 aromatic carbocycles. The molecule has 0 saturated carbocycles. The summed E-state index contributed by atoms with van der Waals surface area (Å²) in [5, 5.41) is 3.92. The lowest BCUT2D eigenvalue weighted by atomic mass is 10.5. The second-order valence-corrected chi connectivity index (χ2v) is 4.85. The van der Waals surface area contributed by atoms with Gasteiger partial charge >= 0.3 is 0 Å². The van der Waals surface area contributed by atoms with E-state index in [1.807, 2.05) is 0 Å². The quantitative estimate of drug-likeness (QED) is 0.714. The highest BCUT2D eigenvalue weighted by Gasteiger charge is 2.04. The zero-order valence-electron chi connectivity index (χ0n) is 7.33. The Bertz CT molecular complexity index is 244. The molecule has 1 aromatic heterocycles. The summed E-state index contributed by atoms with van der Waals surface area (Å²) in [6.07, 6.45) is 1.07. The first-order valence-electron chi connectivity index (χ1n) is 3.88. The van der Waals surface area contributed by atoms with E-state index in [4.69, 9.17) is 16.3 Å². The molecule has 0 aliphatic rings. The fourth-order valence-corrected chi connectivity index (χ4v) is 2.42. The molecule has 0 unspecified atom stereocenters. The summed E-state index contributed by atoms with van der Waals surface area (Å²) in [4.78, 5) is 0. The van der Waals surface area contributed by atoms with Crippen molar-refractivity contribution in [3.05, 3.63) is 10.0 Å². The number of hydrogen-bond donors (Lipinski definition) is 0. The Hall–Kier alpha value is 0.160. The third-order valence-electron chi connectivity index (χ3n) is 1.39. The Labute approximate surface area is 91.0 Å². The number of hydrogen-bond acceptors (Lipinski definition) is 5. The minimum atomic E-state index is 0.708. The van der Waals surface area contributed by atoms with Crippen molar-refractivity contribution in [3.8, 4) is 0 Å². The monoisotopic (exact) mass is 238 g/mol. The maximum atomic E-state index is 5.84. The Balaban J connectivity index is 2.10. The van der Waals surface area contributed by atoms with Crippen LogP contribution in [-0.4, -0.2) is 29.1 Å². The predicted octanol–water partition coefficient (Wildman–Crippen LogP) is 2.46. The number of rotatable bonds is 6. The standard InChI is InChI=1S/C7H11ClN2OS2/c1-11-3-2-4-12-5-6-7(8)13-10-9-6/h2-5H2,1H3. The summed E-state index contributed by atoms with van der Waals surface area (Å²) >= 11 is 8.88. The van der Waals surface area contributed by atoms with Crippen LogP contribution in [0.4, 0.5) is 0 Å². The van der Waals surface area contributed by atoms with Gasteiger partial charge in [-0.2, -0.15) is 11.8 Å². The molecular formula is C7H11ClN2OS2. The molecule has 0 radical (unpaired) electrons. The second-order valence-electron chi connectivity index (χ2n) is 2.39. The van der Waals surface area contributed by atoms with Crippen LogP contribution in [0.25, 0.3) is 0 Å². The van der Waals surface area contributed by atoms with Crippen LogP contribution < -0.4 is 0 Å². The first-order valence-corrected chi connectivity index (χ1v) is 6.18. The van der Waals surface area contributed by atoms with Crippen LogP contribution >= 0.6 is 34.9 Å². The number of nitrogens with zero attached hydrogens (tertiary/aromatic N) is 2. The first-order chi connectivity index (χ1) is 6.34. The lowest BCUT2D eigenvalue weighted by Gasteiger charge is -1.98. The van der Waals surface area contributed by atoms with Crippen molar-refractivity contribution < 1.29 is 4.74 Å². The number of halogens is 1. The van der Waals surface area contributed by atoms with E-state index < -0.39 is 0 Å². The number of thioether (sulfide) groups is 1. The summed E-state index contributed by atoms with van der Waals surface area (Å²) in [6.45, 7) is 0.816. The van der Waals surface area contributed by atoms with Gasteiger partial charge in [0.1, 0.15) is 10.0 Å². The molecule has 0 bridgehead atoms. The fraction of sp³-hybridized carbons (Fsp3) is 0.714. The van der Waals surface area contributed by atoms with Gasteiger partial charge in [0, 0.05) is 31.0 Å². The van der Waals surface area contributed by atoms with Crippen LogP contribution in [0, 0.1) is 0 Å². The van der Waals surface area contributed by atoms with Gasteiger partial charge in [-0.15, -0.1) is 5.10 Å². The molecule has 1 heterocycles. The van der Waals surface area contributed by atoms with E-state index in [2.05, 4.69) is 9.59 Å². The molecule has 0 spiro atoms. The van der Waals surface area contributed by atoms with Gasteiger partial charge < -0.3 is 4.74 Å². The summed E-state index contributed by atoms with van der Waals surface area (Å²) in [5.41, 5.74) is 0.897. The van der Waals surface area contributed by atoms with Gasteiger partial charge in [0.15, 0.2) is 0 Å². The summed E-state index contributed by atoms with van der Waals surface area (Å²) < 4.78 is 9.40. The Morgan fingerprint density at radius 3 is 3.08 bits per heavy atom. The fourth-order valence-electron chi connectivity index (χ4n) is 0.757. The molecule has 13 heavy (non-hydrogen) atoms. The summed E-state index contributed by atoms with van der Waals surface area (Å²) in [6, 6.07) is 0. The third-order valence-corrected chi connectivity index (χ3v) is 3.42. The van der Waals surface area contributed by atoms with E-state index >= 15 is 0 Å². The van der Waals surface area contributed by atoms with Gasteiger partial charge in [0.05, 0.1) is 0 Å². The van der Waals surface area contributed by atoms with Crippen LogP contribution in [0.3, 0.4) is 0 Å². The maximum absolute atomic E-state index is 5.84.